The van der Waals surface area contributed by atoms with E-state index in [2.05, 4.69) is 15.6 Å². The summed E-state index contributed by atoms with van der Waals surface area (Å²) in [7, 11) is 0. The molecule has 5 nitrogen and oxygen atoms in total. The molecule has 0 aliphatic carbocycles. The first kappa shape index (κ1) is 15.8. The van der Waals surface area contributed by atoms with E-state index in [1.165, 1.54) is 11.3 Å². The zero-order valence-corrected chi connectivity index (χ0v) is 13.1. The monoisotopic (exact) mass is 343 g/mol. The lowest BCUT2D eigenvalue weighted by atomic mass is 10.2. The van der Waals surface area contributed by atoms with Gasteiger partial charge in [-0.3, -0.25) is 9.59 Å². The van der Waals surface area contributed by atoms with E-state index in [0.717, 1.165) is 0 Å². The van der Waals surface area contributed by atoms with E-state index in [0.29, 0.717) is 20.9 Å². The summed E-state index contributed by atoms with van der Waals surface area (Å²) in [6.07, 6.45) is 1.72. The maximum atomic E-state index is 11.8. The molecule has 0 atom stereocenters. The van der Waals surface area contributed by atoms with Crippen molar-refractivity contribution in [3.05, 3.63) is 39.8 Å². The summed E-state index contributed by atoms with van der Waals surface area (Å²) < 4.78 is 0. The number of benzene rings is 1. The van der Waals surface area contributed by atoms with E-state index in [9.17, 15) is 9.59 Å². The van der Waals surface area contributed by atoms with Gasteiger partial charge >= 0.3 is 0 Å². The van der Waals surface area contributed by atoms with Crippen LogP contribution in [-0.4, -0.2) is 16.8 Å². The third kappa shape index (κ3) is 5.34. The average Bonchev–Trinajstić information content (AvgIpc) is 2.88. The zero-order valence-electron chi connectivity index (χ0n) is 10.7. The van der Waals surface area contributed by atoms with Crippen molar-refractivity contribution in [1.29, 1.82) is 0 Å². The van der Waals surface area contributed by atoms with Crippen LogP contribution in [-0.2, 0) is 9.59 Å². The van der Waals surface area contributed by atoms with E-state index in [1.807, 2.05) is 0 Å². The molecule has 0 saturated carbocycles. The van der Waals surface area contributed by atoms with E-state index in [-0.39, 0.29) is 24.7 Å². The predicted molar refractivity (Wildman–Crippen MR) is 85.1 cm³/mol. The molecule has 2 rings (SSSR count). The van der Waals surface area contributed by atoms with Crippen molar-refractivity contribution in [3.63, 3.8) is 0 Å². The molecule has 1 aromatic heterocycles. The van der Waals surface area contributed by atoms with Crippen LogP contribution in [0.4, 0.5) is 10.8 Å². The van der Waals surface area contributed by atoms with Crippen LogP contribution < -0.4 is 10.6 Å². The van der Waals surface area contributed by atoms with Gasteiger partial charge in [-0.25, -0.2) is 4.98 Å². The summed E-state index contributed by atoms with van der Waals surface area (Å²) in [5.41, 5.74) is 0.498. The molecule has 0 unspecified atom stereocenters. The van der Waals surface area contributed by atoms with Gasteiger partial charge < -0.3 is 10.6 Å². The van der Waals surface area contributed by atoms with Crippen LogP contribution in [0, 0.1) is 0 Å². The van der Waals surface area contributed by atoms with Crippen molar-refractivity contribution in [2.75, 3.05) is 10.6 Å². The number of nitrogens with one attached hydrogen (secondary N) is 2. The van der Waals surface area contributed by atoms with Gasteiger partial charge in [0.15, 0.2) is 5.13 Å². The van der Waals surface area contributed by atoms with Crippen molar-refractivity contribution in [2.24, 2.45) is 0 Å². The van der Waals surface area contributed by atoms with E-state index >= 15 is 0 Å². The molecule has 21 heavy (non-hydrogen) atoms. The Morgan fingerprint density at radius 2 is 1.67 bits per heavy atom. The van der Waals surface area contributed by atoms with Crippen molar-refractivity contribution < 1.29 is 9.59 Å². The summed E-state index contributed by atoms with van der Waals surface area (Å²) in [4.78, 5) is 27.3. The maximum Gasteiger partial charge on any atom is 0.226 e. The Morgan fingerprint density at radius 3 is 2.24 bits per heavy atom. The molecule has 2 N–H and O–H groups in total. The number of amides is 2. The maximum absolute atomic E-state index is 11.8. The Balaban J connectivity index is 1.80. The van der Waals surface area contributed by atoms with Gasteiger partial charge in [-0.05, 0) is 18.2 Å². The van der Waals surface area contributed by atoms with Gasteiger partial charge in [0.2, 0.25) is 11.8 Å². The second-order valence-corrected chi connectivity index (χ2v) is 5.86. The number of thiazole rings is 1. The summed E-state index contributed by atoms with van der Waals surface area (Å²) in [6, 6.07) is 4.74. The van der Waals surface area contributed by atoms with Crippen LogP contribution in [0.2, 0.25) is 10.0 Å². The van der Waals surface area contributed by atoms with E-state index < -0.39 is 0 Å². The number of anilines is 2. The Hall–Kier alpha value is -1.63. The molecule has 8 heteroatoms. The molecule has 1 aromatic carbocycles. The fourth-order valence-corrected chi connectivity index (χ4v) is 2.61. The lowest BCUT2D eigenvalue weighted by Gasteiger charge is -2.06. The second kappa shape index (κ2) is 7.40. The molecule has 0 saturated heterocycles. The number of halogens is 2. The van der Waals surface area contributed by atoms with Crippen LogP contribution in [0.25, 0.3) is 0 Å². The minimum atomic E-state index is -0.289. The fourth-order valence-electron chi connectivity index (χ4n) is 1.54. The first-order valence-corrected chi connectivity index (χ1v) is 7.62. The minimum absolute atomic E-state index is 0.0569. The number of hydrogen-bond donors (Lipinski definition) is 2. The molecule has 1 heterocycles. The SMILES string of the molecule is O=C(CCC(=O)Nc1nccs1)Nc1cc(Cl)cc(Cl)c1. The first-order chi connectivity index (χ1) is 10.0. The van der Waals surface area contributed by atoms with Crippen molar-refractivity contribution >= 4 is 57.2 Å². The number of nitrogens with zero attached hydrogens (tertiary/aromatic N) is 1. The van der Waals surface area contributed by atoms with Crippen LogP contribution in [0.5, 0.6) is 0 Å². The van der Waals surface area contributed by atoms with Gasteiger partial charge in [-0.15, -0.1) is 11.3 Å². The fraction of sp³-hybridized carbons (Fsp3) is 0.154. The van der Waals surface area contributed by atoms with Gasteiger partial charge in [0, 0.05) is 40.2 Å². The molecule has 0 radical (unpaired) electrons. The van der Waals surface area contributed by atoms with Crippen LogP contribution in [0.1, 0.15) is 12.8 Å². The number of carbonyl (C=O) groups excluding carboxylic acids is 2. The molecule has 0 spiro atoms. The van der Waals surface area contributed by atoms with Gasteiger partial charge in [0.25, 0.3) is 0 Å². The Bertz CT molecular complexity index is 627. The quantitative estimate of drug-likeness (QED) is 0.866. The zero-order chi connectivity index (χ0) is 15.2. The highest BCUT2D eigenvalue weighted by atomic mass is 35.5. The highest BCUT2D eigenvalue weighted by Crippen LogP contribution is 2.22. The van der Waals surface area contributed by atoms with Gasteiger partial charge in [-0.1, -0.05) is 23.2 Å². The smallest absolute Gasteiger partial charge is 0.226 e. The second-order valence-electron chi connectivity index (χ2n) is 4.09. The summed E-state index contributed by atoms with van der Waals surface area (Å²) in [6.45, 7) is 0. The number of carbonyl (C=O) groups is 2. The Labute approximate surface area is 135 Å². The average molecular weight is 344 g/mol. The Kier molecular flexibility index (Phi) is 5.55. The highest BCUT2D eigenvalue weighted by molar-refractivity contribution is 7.13. The molecule has 2 aromatic rings. The topological polar surface area (TPSA) is 71.1 Å². The molecular weight excluding hydrogens is 333 g/mol. The third-order valence-electron chi connectivity index (χ3n) is 2.40. The molecule has 0 aliphatic heterocycles. The lowest BCUT2D eigenvalue weighted by Crippen LogP contribution is -2.17. The molecule has 0 fully saturated rings. The molecule has 110 valence electrons. The standard InChI is InChI=1S/C13H11Cl2N3O2S/c14-8-5-9(15)7-10(6-8)17-11(19)1-2-12(20)18-13-16-3-4-21-13/h3-7H,1-2H2,(H,17,19)(H,16,18,20). The van der Waals surface area contributed by atoms with Crippen molar-refractivity contribution in [2.45, 2.75) is 12.8 Å². The summed E-state index contributed by atoms with van der Waals surface area (Å²) >= 11 is 13.0. The Morgan fingerprint density at radius 1 is 1.05 bits per heavy atom. The molecule has 0 bridgehead atoms. The summed E-state index contributed by atoms with van der Waals surface area (Å²) in [5.74, 6) is -0.549. The highest BCUT2D eigenvalue weighted by Gasteiger charge is 2.09. The van der Waals surface area contributed by atoms with E-state index in [4.69, 9.17) is 23.2 Å². The van der Waals surface area contributed by atoms with Gasteiger partial charge in [0.05, 0.1) is 0 Å². The van der Waals surface area contributed by atoms with Crippen molar-refractivity contribution in [3.8, 4) is 0 Å². The third-order valence-corrected chi connectivity index (χ3v) is 3.53. The van der Waals surface area contributed by atoms with Gasteiger partial charge in [0.1, 0.15) is 0 Å². The molecule has 0 aliphatic rings. The predicted octanol–water partition coefficient (Wildman–Crippen LogP) is 3.81. The van der Waals surface area contributed by atoms with Crippen LogP contribution in [0.15, 0.2) is 29.8 Å². The largest absolute Gasteiger partial charge is 0.326 e. The molecule has 2 amide bonds. The van der Waals surface area contributed by atoms with E-state index in [1.54, 1.807) is 29.8 Å². The molecular formula is C13H11Cl2N3O2S. The normalized spacial score (nSPS) is 10.2. The number of hydrogen-bond acceptors (Lipinski definition) is 4. The van der Waals surface area contributed by atoms with Gasteiger partial charge in [-0.2, -0.15) is 0 Å². The summed E-state index contributed by atoms with van der Waals surface area (Å²) in [5, 5.41) is 8.37. The van der Waals surface area contributed by atoms with Crippen LogP contribution in [0.3, 0.4) is 0 Å². The van der Waals surface area contributed by atoms with Crippen molar-refractivity contribution in [1.82, 2.24) is 4.98 Å². The number of rotatable bonds is 5. The number of aromatic nitrogens is 1. The van der Waals surface area contributed by atoms with Crippen LogP contribution >= 0.6 is 34.5 Å². The first-order valence-electron chi connectivity index (χ1n) is 5.98. The minimum Gasteiger partial charge on any atom is -0.326 e. The lowest BCUT2D eigenvalue weighted by molar-refractivity contribution is -0.121.